The van der Waals surface area contributed by atoms with Crippen molar-refractivity contribution < 1.29 is 19.5 Å². The Morgan fingerprint density at radius 2 is 2.04 bits per heavy atom. The zero-order valence-electron chi connectivity index (χ0n) is 14.1. The maximum absolute atomic E-state index is 12.6. The molecule has 2 heterocycles. The third-order valence-electron chi connectivity index (χ3n) is 4.50. The Hall–Kier alpha value is -2.71. The van der Waals surface area contributed by atoms with Crippen LogP contribution in [0.4, 0.5) is 0 Å². The molecule has 136 valence electrons. The fraction of sp³-hybridized carbons (Fsp3) is 0.438. The van der Waals surface area contributed by atoms with E-state index in [4.69, 9.17) is 5.53 Å². The fourth-order valence-electron chi connectivity index (χ4n) is 3.34. The molecule has 0 radical (unpaired) electrons. The van der Waals surface area contributed by atoms with Crippen LogP contribution in [0.1, 0.15) is 25.5 Å². The topological polar surface area (TPSA) is 135 Å². The molecule has 0 bridgehead atoms. The van der Waals surface area contributed by atoms with Crippen molar-refractivity contribution in [1.82, 2.24) is 10.2 Å². The van der Waals surface area contributed by atoms with Gasteiger partial charge < -0.3 is 15.3 Å². The summed E-state index contributed by atoms with van der Waals surface area (Å²) in [5.74, 6) is -2.11. The van der Waals surface area contributed by atoms with Crippen LogP contribution in [0, 0.1) is 0 Å². The number of β-lactam (4-membered cyclic amide) rings is 1. The highest BCUT2D eigenvalue weighted by Gasteiger charge is 2.64. The summed E-state index contributed by atoms with van der Waals surface area (Å²) in [6, 6.07) is 5.63. The third-order valence-corrected chi connectivity index (χ3v) is 6.07. The van der Waals surface area contributed by atoms with Crippen molar-refractivity contribution in [1.29, 1.82) is 0 Å². The lowest BCUT2D eigenvalue weighted by Crippen LogP contribution is -2.70. The lowest BCUT2D eigenvalue weighted by Gasteiger charge is -2.43. The molecule has 2 fully saturated rings. The molecule has 26 heavy (non-hydrogen) atoms. The van der Waals surface area contributed by atoms with Crippen molar-refractivity contribution in [3.8, 4) is 0 Å². The van der Waals surface area contributed by atoms with Crippen LogP contribution in [-0.4, -0.2) is 50.0 Å². The Labute approximate surface area is 153 Å². The van der Waals surface area contributed by atoms with Crippen LogP contribution in [0.3, 0.4) is 0 Å². The molecule has 10 heteroatoms. The van der Waals surface area contributed by atoms with Crippen LogP contribution in [-0.2, 0) is 14.4 Å². The zero-order chi connectivity index (χ0) is 19.1. The number of benzene rings is 1. The van der Waals surface area contributed by atoms with Gasteiger partial charge in [-0.05, 0) is 24.9 Å². The Morgan fingerprint density at radius 1 is 1.38 bits per heavy atom. The lowest BCUT2D eigenvalue weighted by molar-refractivity contribution is -0.161. The quantitative estimate of drug-likeness (QED) is 0.349. The molecule has 2 saturated heterocycles. The van der Waals surface area contributed by atoms with Gasteiger partial charge in [0.05, 0.1) is 0 Å². The predicted molar refractivity (Wildman–Crippen MR) is 94.0 cm³/mol. The highest BCUT2D eigenvalue weighted by Crippen LogP contribution is 2.50. The molecule has 2 aliphatic heterocycles. The van der Waals surface area contributed by atoms with Gasteiger partial charge in [0.1, 0.15) is 23.5 Å². The summed E-state index contributed by atoms with van der Waals surface area (Å²) >= 11 is 1.33. The van der Waals surface area contributed by atoms with Crippen LogP contribution < -0.4 is 5.32 Å². The first-order valence-corrected chi connectivity index (χ1v) is 8.78. The average Bonchev–Trinajstić information content (AvgIpc) is 2.86. The smallest absolute Gasteiger partial charge is 0.327 e. The number of carbonyl (C=O) groups is 3. The third kappa shape index (κ3) is 2.87. The standard InChI is InChI=1S/C16H17N5O4S/c1-16(2)11(15(24)25)21-13(23)10(14(21)26-16)18-12(22)9(19-20-17)8-6-4-3-5-7-8/h3-7,9-11,14H,1-2H3,(H,18,22)(H,24,25)/t9-,10+,11-,14+/m0/s1. The van der Waals surface area contributed by atoms with Gasteiger partial charge in [0.2, 0.25) is 11.8 Å². The maximum Gasteiger partial charge on any atom is 0.327 e. The first-order valence-electron chi connectivity index (χ1n) is 7.90. The average molecular weight is 375 g/mol. The number of carboxylic acids is 1. The van der Waals surface area contributed by atoms with Crippen LogP contribution in [0.2, 0.25) is 0 Å². The first-order chi connectivity index (χ1) is 12.3. The number of thioether (sulfide) groups is 1. The minimum atomic E-state index is -1.10. The van der Waals surface area contributed by atoms with Crippen molar-refractivity contribution in [2.75, 3.05) is 0 Å². The number of aliphatic carboxylic acids is 1. The van der Waals surface area contributed by atoms with E-state index >= 15 is 0 Å². The number of azide groups is 1. The summed E-state index contributed by atoms with van der Waals surface area (Å²) in [5.41, 5.74) is 9.26. The van der Waals surface area contributed by atoms with Crippen LogP contribution in [0.25, 0.3) is 10.4 Å². The second-order valence-electron chi connectivity index (χ2n) is 6.60. The normalized spacial score (nSPS) is 26.9. The molecule has 0 aliphatic carbocycles. The molecule has 0 unspecified atom stereocenters. The molecular weight excluding hydrogens is 358 g/mol. The molecule has 0 spiro atoms. The minimum Gasteiger partial charge on any atom is -0.480 e. The Balaban J connectivity index is 1.78. The van der Waals surface area contributed by atoms with E-state index in [9.17, 15) is 19.5 Å². The molecule has 4 atom stereocenters. The van der Waals surface area contributed by atoms with Gasteiger partial charge in [0, 0.05) is 9.66 Å². The molecular formula is C16H17N5O4S. The predicted octanol–water partition coefficient (Wildman–Crippen LogP) is 1.67. The van der Waals surface area contributed by atoms with Gasteiger partial charge in [-0.3, -0.25) is 9.59 Å². The number of carboxylic acid groups (broad SMARTS) is 1. The molecule has 1 aromatic rings. The van der Waals surface area contributed by atoms with E-state index in [-0.39, 0.29) is 0 Å². The van der Waals surface area contributed by atoms with E-state index < -0.39 is 46.0 Å². The van der Waals surface area contributed by atoms with Crippen LogP contribution >= 0.6 is 11.8 Å². The molecule has 9 nitrogen and oxygen atoms in total. The molecule has 0 saturated carbocycles. The Kier molecular flexibility index (Phi) is 4.55. The monoisotopic (exact) mass is 375 g/mol. The summed E-state index contributed by atoms with van der Waals surface area (Å²) in [6.45, 7) is 3.52. The summed E-state index contributed by atoms with van der Waals surface area (Å²) in [4.78, 5) is 40.5. The van der Waals surface area contributed by atoms with Crippen molar-refractivity contribution >= 4 is 29.5 Å². The van der Waals surface area contributed by atoms with Crippen molar-refractivity contribution in [2.24, 2.45) is 5.11 Å². The van der Waals surface area contributed by atoms with E-state index in [0.29, 0.717) is 5.56 Å². The highest BCUT2D eigenvalue weighted by molar-refractivity contribution is 8.01. The van der Waals surface area contributed by atoms with E-state index in [2.05, 4.69) is 15.3 Å². The minimum absolute atomic E-state index is 0.443. The second kappa shape index (κ2) is 6.54. The number of amides is 2. The Morgan fingerprint density at radius 3 is 2.62 bits per heavy atom. The van der Waals surface area contributed by atoms with E-state index in [1.54, 1.807) is 44.2 Å². The van der Waals surface area contributed by atoms with E-state index in [0.717, 1.165) is 0 Å². The lowest BCUT2D eigenvalue weighted by atomic mass is 9.95. The van der Waals surface area contributed by atoms with Gasteiger partial charge in [-0.1, -0.05) is 35.4 Å². The summed E-state index contributed by atoms with van der Waals surface area (Å²) in [6.07, 6.45) is 0. The number of hydrogen-bond acceptors (Lipinski definition) is 5. The molecule has 2 amide bonds. The number of rotatable bonds is 5. The van der Waals surface area contributed by atoms with Crippen molar-refractivity contribution in [3.05, 3.63) is 46.3 Å². The van der Waals surface area contributed by atoms with Gasteiger partial charge in [-0.15, -0.1) is 11.8 Å². The van der Waals surface area contributed by atoms with Crippen molar-refractivity contribution in [2.45, 2.75) is 42.1 Å². The summed E-state index contributed by atoms with van der Waals surface area (Å²) < 4.78 is -0.671. The van der Waals surface area contributed by atoms with Gasteiger partial charge >= 0.3 is 5.97 Å². The second-order valence-corrected chi connectivity index (χ2v) is 8.37. The van der Waals surface area contributed by atoms with E-state index in [1.165, 1.54) is 16.7 Å². The van der Waals surface area contributed by atoms with Gasteiger partial charge in [-0.25, -0.2) is 4.79 Å². The number of nitrogens with one attached hydrogen (secondary N) is 1. The maximum atomic E-state index is 12.6. The number of carbonyl (C=O) groups excluding carboxylic acids is 2. The van der Waals surface area contributed by atoms with Crippen molar-refractivity contribution in [3.63, 3.8) is 0 Å². The molecule has 3 rings (SSSR count). The molecule has 2 aliphatic rings. The molecule has 1 aromatic carbocycles. The zero-order valence-corrected chi connectivity index (χ0v) is 14.9. The fourth-order valence-corrected chi connectivity index (χ4v) is 4.96. The van der Waals surface area contributed by atoms with Gasteiger partial charge in [-0.2, -0.15) is 0 Å². The SMILES string of the molecule is CC1(C)S[C@@H]2[C@H](NC(=O)[C@@H](N=[N+]=[N-])c3ccccc3)C(=O)N2[C@H]1C(=O)O. The highest BCUT2D eigenvalue weighted by atomic mass is 32.2. The summed E-state index contributed by atoms with van der Waals surface area (Å²) in [5, 5.41) is 15.1. The number of fused-ring (bicyclic) bond motifs is 1. The van der Waals surface area contributed by atoms with Crippen LogP contribution in [0.5, 0.6) is 0 Å². The van der Waals surface area contributed by atoms with Gasteiger partial charge in [0.15, 0.2) is 0 Å². The first kappa shape index (κ1) is 18.1. The van der Waals surface area contributed by atoms with E-state index in [1.807, 2.05) is 0 Å². The van der Waals surface area contributed by atoms with Crippen LogP contribution in [0.15, 0.2) is 35.4 Å². The van der Waals surface area contributed by atoms with Gasteiger partial charge in [0.25, 0.3) is 0 Å². The molecule has 0 aromatic heterocycles. The Bertz CT molecular complexity index is 808. The number of nitrogens with zero attached hydrogens (tertiary/aromatic N) is 4. The summed E-state index contributed by atoms with van der Waals surface area (Å²) in [7, 11) is 0. The largest absolute Gasteiger partial charge is 0.480 e. The molecule has 2 N–H and O–H groups in total. The number of hydrogen-bond donors (Lipinski definition) is 2.